The van der Waals surface area contributed by atoms with Gasteiger partial charge in [0.05, 0.1) is 0 Å². The molecule has 0 N–H and O–H groups in total. The first-order chi connectivity index (χ1) is 11.8. The zero-order chi connectivity index (χ0) is 18.2. The first-order valence-electron chi connectivity index (χ1n) is 10.8. The molecule has 0 nitrogen and oxygen atoms in total. The molecule has 1 saturated carbocycles. The zero-order valence-corrected chi connectivity index (χ0v) is 17.6. The maximum absolute atomic E-state index is 2.66. The van der Waals surface area contributed by atoms with Crippen molar-refractivity contribution in [3.63, 3.8) is 0 Å². The van der Waals surface area contributed by atoms with E-state index in [0.717, 1.165) is 23.7 Å². The minimum absolute atomic E-state index is 0.510. The third kappa shape index (κ3) is 3.83. The molecular formula is C25H40. The van der Waals surface area contributed by atoms with Gasteiger partial charge in [-0.25, -0.2) is 0 Å². The lowest BCUT2D eigenvalue weighted by Crippen LogP contribution is -2.27. The normalized spacial score (nSPS) is 41.3. The number of fused-ring (bicyclic) bond motifs is 2. The lowest BCUT2D eigenvalue weighted by atomic mass is 9.70. The Labute approximate surface area is 156 Å². The third-order valence-corrected chi connectivity index (χ3v) is 8.04. The molecule has 0 aromatic carbocycles. The standard InChI is InChI=1S/C25H40/c1-17(2)21-14-16-25(6)15-13-18(3)7-10-22-19(4)8-11-23(22)20(5)9-12-24(21)25/h9,13,17,21,23-24H,7-8,10-12,14-16H2,1-6H3/b18-13+,20-9+/t21-,23-,24-,25-/m0/s1. The van der Waals surface area contributed by atoms with E-state index in [4.69, 9.17) is 0 Å². The highest BCUT2D eigenvalue weighted by Crippen LogP contribution is 2.54. The summed E-state index contributed by atoms with van der Waals surface area (Å²) in [5.74, 6) is 3.34. The van der Waals surface area contributed by atoms with Crippen LogP contribution >= 0.6 is 0 Å². The maximum atomic E-state index is 2.66. The molecule has 0 saturated heterocycles. The van der Waals surface area contributed by atoms with Crippen LogP contribution < -0.4 is 0 Å². The van der Waals surface area contributed by atoms with E-state index in [2.05, 4.69) is 53.7 Å². The number of hydrogen-bond donors (Lipinski definition) is 0. The van der Waals surface area contributed by atoms with Gasteiger partial charge >= 0.3 is 0 Å². The second-order valence-corrected chi connectivity index (χ2v) is 10.0. The molecule has 0 spiro atoms. The second kappa shape index (κ2) is 7.45. The fourth-order valence-electron chi connectivity index (χ4n) is 6.09. The van der Waals surface area contributed by atoms with E-state index in [-0.39, 0.29) is 0 Å². The van der Waals surface area contributed by atoms with Gasteiger partial charge < -0.3 is 0 Å². The molecule has 0 aromatic rings. The van der Waals surface area contributed by atoms with Crippen molar-refractivity contribution in [2.45, 2.75) is 92.9 Å². The molecule has 4 atom stereocenters. The van der Waals surface area contributed by atoms with Crippen LogP contribution in [0.1, 0.15) is 92.9 Å². The SMILES string of the molecule is CC1=C2CC/C(C)=C/C[C@@]3(C)CC[C@@H](C(C)C)[C@@H]3C/C=C(\C)[C@@H]2CC1. The lowest BCUT2D eigenvalue weighted by molar-refractivity contribution is 0.170. The first-order valence-corrected chi connectivity index (χ1v) is 10.8. The predicted octanol–water partition coefficient (Wildman–Crippen LogP) is 7.87. The van der Waals surface area contributed by atoms with Crippen LogP contribution in [0.5, 0.6) is 0 Å². The van der Waals surface area contributed by atoms with Crippen LogP contribution in [0.15, 0.2) is 34.4 Å². The van der Waals surface area contributed by atoms with E-state index in [1.54, 1.807) is 22.3 Å². The molecule has 0 aliphatic heterocycles. The molecular weight excluding hydrogens is 300 g/mol. The van der Waals surface area contributed by atoms with Gasteiger partial charge in [0, 0.05) is 5.92 Å². The van der Waals surface area contributed by atoms with E-state index in [1.165, 1.54) is 51.4 Å². The van der Waals surface area contributed by atoms with Crippen LogP contribution in [0.3, 0.4) is 0 Å². The van der Waals surface area contributed by atoms with Gasteiger partial charge in [-0.15, -0.1) is 0 Å². The number of hydrogen-bond acceptors (Lipinski definition) is 0. The minimum atomic E-state index is 0.510. The van der Waals surface area contributed by atoms with Crippen LogP contribution in [-0.4, -0.2) is 0 Å². The molecule has 0 aromatic heterocycles. The summed E-state index contributed by atoms with van der Waals surface area (Å²) in [5, 5.41) is 0. The molecule has 3 aliphatic carbocycles. The van der Waals surface area contributed by atoms with Crippen LogP contribution in [-0.2, 0) is 0 Å². The van der Waals surface area contributed by atoms with Crippen molar-refractivity contribution in [3.05, 3.63) is 34.4 Å². The van der Waals surface area contributed by atoms with Crippen molar-refractivity contribution in [1.82, 2.24) is 0 Å². The molecule has 3 aliphatic rings. The second-order valence-electron chi connectivity index (χ2n) is 10.0. The first kappa shape index (κ1) is 19.0. The largest absolute Gasteiger partial charge is 0.0850 e. The predicted molar refractivity (Wildman–Crippen MR) is 111 cm³/mol. The van der Waals surface area contributed by atoms with Gasteiger partial charge in [0.2, 0.25) is 0 Å². The van der Waals surface area contributed by atoms with Gasteiger partial charge in [-0.2, -0.15) is 0 Å². The molecule has 0 unspecified atom stereocenters. The van der Waals surface area contributed by atoms with Crippen molar-refractivity contribution in [1.29, 1.82) is 0 Å². The van der Waals surface area contributed by atoms with Crippen LogP contribution in [0.4, 0.5) is 0 Å². The summed E-state index contributed by atoms with van der Waals surface area (Å²) >= 11 is 0. The monoisotopic (exact) mass is 340 g/mol. The summed E-state index contributed by atoms with van der Waals surface area (Å²) < 4.78 is 0. The van der Waals surface area contributed by atoms with Crippen molar-refractivity contribution < 1.29 is 0 Å². The molecule has 3 rings (SSSR count). The third-order valence-electron chi connectivity index (χ3n) is 8.04. The zero-order valence-electron chi connectivity index (χ0n) is 17.6. The van der Waals surface area contributed by atoms with E-state index in [0.29, 0.717) is 5.41 Å². The summed E-state index contributed by atoms with van der Waals surface area (Å²) in [5.41, 5.74) is 7.27. The molecule has 0 bridgehead atoms. The molecule has 0 radical (unpaired) electrons. The Morgan fingerprint density at radius 3 is 2.48 bits per heavy atom. The average Bonchev–Trinajstić information content (AvgIpc) is 3.09. The van der Waals surface area contributed by atoms with Gasteiger partial charge in [0.15, 0.2) is 0 Å². The Bertz CT molecular complexity index is 585. The molecule has 0 heterocycles. The molecule has 0 heteroatoms. The van der Waals surface area contributed by atoms with Gasteiger partial charge in [-0.3, -0.25) is 0 Å². The minimum Gasteiger partial charge on any atom is -0.0850 e. The molecule has 25 heavy (non-hydrogen) atoms. The fourth-order valence-corrected chi connectivity index (χ4v) is 6.09. The average molecular weight is 341 g/mol. The maximum Gasteiger partial charge on any atom is 0.000988 e. The number of rotatable bonds is 1. The topological polar surface area (TPSA) is 0 Å². The van der Waals surface area contributed by atoms with Gasteiger partial charge in [-0.1, -0.05) is 55.2 Å². The smallest absolute Gasteiger partial charge is 0.000988 e. The molecule has 140 valence electrons. The lowest BCUT2D eigenvalue weighted by Gasteiger charge is -2.35. The Hall–Kier alpha value is -0.780. The summed E-state index contributed by atoms with van der Waals surface area (Å²) in [7, 11) is 0. The summed E-state index contributed by atoms with van der Waals surface area (Å²) in [4.78, 5) is 0. The quantitative estimate of drug-likeness (QED) is 0.426. The van der Waals surface area contributed by atoms with Crippen molar-refractivity contribution in [2.24, 2.45) is 29.1 Å². The van der Waals surface area contributed by atoms with E-state index in [9.17, 15) is 0 Å². The Morgan fingerprint density at radius 1 is 1.00 bits per heavy atom. The fraction of sp³-hybridized carbons (Fsp3) is 0.760. The number of allylic oxidation sites excluding steroid dienone is 6. The Morgan fingerprint density at radius 2 is 1.76 bits per heavy atom. The van der Waals surface area contributed by atoms with Gasteiger partial charge in [0.25, 0.3) is 0 Å². The molecule has 0 amide bonds. The van der Waals surface area contributed by atoms with Crippen LogP contribution in [0.2, 0.25) is 0 Å². The van der Waals surface area contributed by atoms with Crippen molar-refractivity contribution >= 4 is 0 Å². The summed E-state index contributed by atoms with van der Waals surface area (Å²) in [6.07, 6.45) is 16.0. The summed E-state index contributed by atoms with van der Waals surface area (Å²) in [6, 6.07) is 0. The Balaban J connectivity index is 1.93. The van der Waals surface area contributed by atoms with Crippen molar-refractivity contribution in [3.8, 4) is 0 Å². The van der Waals surface area contributed by atoms with E-state index >= 15 is 0 Å². The highest BCUT2D eigenvalue weighted by molar-refractivity contribution is 5.30. The van der Waals surface area contributed by atoms with Crippen LogP contribution in [0.25, 0.3) is 0 Å². The molecule has 1 fully saturated rings. The van der Waals surface area contributed by atoms with Gasteiger partial charge in [0.1, 0.15) is 0 Å². The van der Waals surface area contributed by atoms with E-state index in [1.807, 2.05) is 0 Å². The Kier molecular flexibility index (Phi) is 5.66. The van der Waals surface area contributed by atoms with Crippen molar-refractivity contribution in [2.75, 3.05) is 0 Å². The van der Waals surface area contributed by atoms with E-state index < -0.39 is 0 Å². The van der Waals surface area contributed by atoms with Crippen LogP contribution in [0, 0.1) is 29.1 Å². The highest BCUT2D eigenvalue weighted by Gasteiger charge is 2.44. The highest BCUT2D eigenvalue weighted by atomic mass is 14.5. The van der Waals surface area contributed by atoms with Gasteiger partial charge in [-0.05, 0) is 95.3 Å². The summed E-state index contributed by atoms with van der Waals surface area (Å²) in [6.45, 7) is 14.7.